The minimum atomic E-state index is 0.319. The lowest BCUT2D eigenvalue weighted by atomic mass is 10.1. The predicted octanol–water partition coefficient (Wildman–Crippen LogP) is 2.87. The lowest BCUT2D eigenvalue weighted by molar-refractivity contribution is 0.275. The molecule has 0 spiro atoms. The Morgan fingerprint density at radius 1 is 0.471 bits per heavy atom. The largest absolute Gasteiger partial charge is 0.396 e. The zero-order valence-electron chi connectivity index (χ0n) is 11.5. The molecule has 0 bridgehead atoms. The van der Waals surface area contributed by atoms with E-state index in [-0.39, 0.29) is 0 Å². The van der Waals surface area contributed by atoms with Crippen molar-refractivity contribution >= 4 is 0 Å². The van der Waals surface area contributed by atoms with Gasteiger partial charge < -0.3 is 15.3 Å². The molecule has 3 N–H and O–H groups in total. The Kier molecular flexibility index (Phi) is 24.0. The van der Waals surface area contributed by atoms with Gasteiger partial charge in [-0.1, -0.05) is 51.9 Å². The quantitative estimate of drug-likeness (QED) is 0.493. The van der Waals surface area contributed by atoms with Gasteiger partial charge in [0.15, 0.2) is 0 Å². The van der Waals surface area contributed by atoms with Crippen molar-refractivity contribution in [3.05, 3.63) is 0 Å². The number of hydrogen-bond acceptors (Lipinski definition) is 3. The van der Waals surface area contributed by atoms with E-state index in [0.717, 1.165) is 32.1 Å². The summed E-state index contributed by atoms with van der Waals surface area (Å²) >= 11 is 0. The summed E-state index contributed by atoms with van der Waals surface area (Å²) in [4.78, 5) is 0. The first-order valence-corrected chi connectivity index (χ1v) is 7.16. The Morgan fingerprint density at radius 2 is 0.765 bits per heavy atom. The molecule has 0 aliphatic rings. The van der Waals surface area contributed by atoms with Gasteiger partial charge in [0.25, 0.3) is 0 Å². The van der Waals surface area contributed by atoms with Crippen LogP contribution in [0.5, 0.6) is 0 Å². The highest BCUT2D eigenvalue weighted by atomic mass is 16.3. The third-order valence-corrected chi connectivity index (χ3v) is 2.58. The molecule has 0 aromatic carbocycles. The van der Waals surface area contributed by atoms with Crippen LogP contribution in [0.25, 0.3) is 0 Å². The van der Waals surface area contributed by atoms with Crippen LogP contribution in [0.2, 0.25) is 0 Å². The normalized spacial score (nSPS) is 9.88. The molecule has 0 atom stereocenters. The van der Waals surface area contributed by atoms with Crippen LogP contribution < -0.4 is 0 Å². The van der Waals surface area contributed by atoms with Crippen molar-refractivity contribution < 1.29 is 15.3 Å². The third kappa shape index (κ3) is 25.8. The minimum Gasteiger partial charge on any atom is -0.396 e. The molecule has 0 amide bonds. The molecule has 0 radical (unpaired) electrons. The van der Waals surface area contributed by atoms with E-state index in [1.54, 1.807) is 0 Å². The molecule has 0 aromatic heterocycles. The van der Waals surface area contributed by atoms with E-state index < -0.39 is 0 Å². The maximum Gasteiger partial charge on any atom is 0.0431 e. The topological polar surface area (TPSA) is 60.7 Å². The monoisotopic (exact) mass is 248 g/mol. The lowest BCUT2D eigenvalue weighted by Gasteiger charge is -1.97. The first-order chi connectivity index (χ1) is 8.33. The molecular formula is C14H32O3. The minimum absolute atomic E-state index is 0.319. The molecule has 17 heavy (non-hydrogen) atoms. The standard InChI is InChI=1S/C8H18O2.C6H14O/c9-7-5-3-1-2-4-6-8-10;1-2-3-4-5-6-7/h9-10H,1-8H2;7H,2-6H2,1H3. The van der Waals surface area contributed by atoms with E-state index >= 15 is 0 Å². The molecule has 0 aliphatic heterocycles. The van der Waals surface area contributed by atoms with Crippen molar-refractivity contribution in [2.45, 2.75) is 71.1 Å². The average Bonchev–Trinajstić information content (AvgIpc) is 2.35. The zero-order valence-corrected chi connectivity index (χ0v) is 11.5. The number of unbranched alkanes of at least 4 members (excludes halogenated alkanes) is 8. The first-order valence-electron chi connectivity index (χ1n) is 7.16. The summed E-state index contributed by atoms with van der Waals surface area (Å²) < 4.78 is 0. The average molecular weight is 248 g/mol. The Hall–Kier alpha value is -0.120. The van der Waals surface area contributed by atoms with Crippen LogP contribution in [-0.2, 0) is 0 Å². The number of aliphatic hydroxyl groups is 3. The predicted molar refractivity (Wildman–Crippen MR) is 73.1 cm³/mol. The molecule has 0 aliphatic carbocycles. The fourth-order valence-electron chi connectivity index (χ4n) is 1.47. The molecule has 106 valence electrons. The van der Waals surface area contributed by atoms with E-state index in [2.05, 4.69) is 6.92 Å². The van der Waals surface area contributed by atoms with Crippen molar-refractivity contribution in [2.75, 3.05) is 19.8 Å². The second-order valence-corrected chi connectivity index (χ2v) is 4.35. The zero-order chi connectivity index (χ0) is 13.2. The van der Waals surface area contributed by atoms with E-state index in [9.17, 15) is 0 Å². The Labute approximate surface area is 107 Å². The molecule has 3 nitrogen and oxygen atoms in total. The Balaban J connectivity index is 0. The molecule has 3 heteroatoms. The third-order valence-electron chi connectivity index (χ3n) is 2.58. The van der Waals surface area contributed by atoms with Crippen molar-refractivity contribution in [1.82, 2.24) is 0 Å². The highest BCUT2D eigenvalue weighted by molar-refractivity contribution is 4.43. The summed E-state index contributed by atoms with van der Waals surface area (Å²) in [6, 6.07) is 0. The summed E-state index contributed by atoms with van der Waals surface area (Å²) in [5.74, 6) is 0. The molecule has 0 aromatic rings. The van der Waals surface area contributed by atoms with E-state index in [1.165, 1.54) is 32.1 Å². The fourth-order valence-corrected chi connectivity index (χ4v) is 1.47. The van der Waals surface area contributed by atoms with Gasteiger partial charge in [0, 0.05) is 19.8 Å². The second kappa shape index (κ2) is 21.2. The van der Waals surface area contributed by atoms with Gasteiger partial charge in [-0.2, -0.15) is 0 Å². The van der Waals surface area contributed by atoms with Crippen molar-refractivity contribution in [2.24, 2.45) is 0 Å². The van der Waals surface area contributed by atoms with Gasteiger partial charge in [0.1, 0.15) is 0 Å². The highest BCUT2D eigenvalue weighted by Crippen LogP contribution is 2.03. The van der Waals surface area contributed by atoms with Crippen molar-refractivity contribution in [3.8, 4) is 0 Å². The van der Waals surface area contributed by atoms with Gasteiger partial charge in [-0.05, 0) is 19.3 Å². The van der Waals surface area contributed by atoms with Crippen LogP contribution in [0.4, 0.5) is 0 Å². The van der Waals surface area contributed by atoms with E-state index in [1.807, 2.05) is 0 Å². The van der Waals surface area contributed by atoms with Gasteiger partial charge >= 0.3 is 0 Å². The summed E-state index contributed by atoms with van der Waals surface area (Å²) in [7, 11) is 0. The summed E-state index contributed by atoms with van der Waals surface area (Å²) in [5.41, 5.74) is 0. The maximum atomic E-state index is 8.43. The van der Waals surface area contributed by atoms with Crippen LogP contribution in [0.1, 0.15) is 71.1 Å². The van der Waals surface area contributed by atoms with Crippen LogP contribution in [0, 0.1) is 0 Å². The van der Waals surface area contributed by atoms with Gasteiger partial charge in [-0.25, -0.2) is 0 Å². The Bertz CT molecular complexity index is 95.6. The van der Waals surface area contributed by atoms with Crippen molar-refractivity contribution in [3.63, 3.8) is 0 Å². The highest BCUT2D eigenvalue weighted by Gasteiger charge is 1.88. The molecule has 0 saturated heterocycles. The van der Waals surface area contributed by atoms with Crippen molar-refractivity contribution in [1.29, 1.82) is 0 Å². The summed E-state index contributed by atoms with van der Waals surface area (Å²) in [5, 5.41) is 25.2. The smallest absolute Gasteiger partial charge is 0.0431 e. The molecule has 0 heterocycles. The first kappa shape index (κ1) is 19.2. The molecule has 0 saturated carbocycles. The SMILES string of the molecule is CCCCCCO.OCCCCCCCCO. The van der Waals surface area contributed by atoms with E-state index in [4.69, 9.17) is 15.3 Å². The fraction of sp³-hybridized carbons (Fsp3) is 1.00. The number of aliphatic hydroxyl groups excluding tert-OH is 3. The van der Waals surface area contributed by atoms with Crippen LogP contribution in [-0.4, -0.2) is 35.1 Å². The van der Waals surface area contributed by atoms with E-state index in [0.29, 0.717) is 19.8 Å². The molecule has 0 rings (SSSR count). The van der Waals surface area contributed by atoms with Crippen LogP contribution >= 0.6 is 0 Å². The number of hydrogen-bond donors (Lipinski definition) is 3. The summed E-state index contributed by atoms with van der Waals surface area (Å²) in [6.45, 7) is 3.16. The van der Waals surface area contributed by atoms with Crippen LogP contribution in [0.15, 0.2) is 0 Å². The second-order valence-electron chi connectivity index (χ2n) is 4.35. The molecular weight excluding hydrogens is 216 g/mol. The van der Waals surface area contributed by atoms with Crippen LogP contribution in [0.3, 0.4) is 0 Å². The molecule has 0 unspecified atom stereocenters. The van der Waals surface area contributed by atoms with Gasteiger partial charge in [-0.3, -0.25) is 0 Å². The lowest BCUT2D eigenvalue weighted by Crippen LogP contribution is -1.85. The summed E-state index contributed by atoms with van der Waals surface area (Å²) in [6.07, 6.45) is 11.2. The van der Waals surface area contributed by atoms with Gasteiger partial charge in [-0.15, -0.1) is 0 Å². The maximum absolute atomic E-state index is 8.43. The van der Waals surface area contributed by atoms with Gasteiger partial charge in [0.2, 0.25) is 0 Å². The number of rotatable bonds is 11. The molecule has 0 fully saturated rings. The Morgan fingerprint density at radius 3 is 1.06 bits per heavy atom. The van der Waals surface area contributed by atoms with Gasteiger partial charge in [0.05, 0.1) is 0 Å².